The Bertz CT molecular complexity index is 1080. The summed E-state index contributed by atoms with van der Waals surface area (Å²) in [6, 6.07) is 7.32. The fraction of sp³-hybridized carbons (Fsp3) is 0.167. The van der Waals surface area contributed by atoms with E-state index in [1.54, 1.807) is 30.3 Å². The molecule has 0 N–H and O–H groups in total. The zero-order valence-corrected chi connectivity index (χ0v) is 15.4. The van der Waals surface area contributed by atoms with Crippen molar-refractivity contribution < 1.29 is 23.8 Å². The quantitative estimate of drug-likeness (QED) is 0.638. The zero-order chi connectivity index (χ0) is 19.3. The Hall–Kier alpha value is -3.26. The van der Waals surface area contributed by atoms with Gasteiger partial charge in [0, 0.05) is 12.1 Å². The fourth-order valence-electron chi connectivity index (χ4n) is 3.15. The number of carbonyl (C=O) groups is 2. The van der Waals surface area contributed by atoms with E-state index in [9.17, 15) is 9.59 Å². The van der Waals surface area contributed by atoms with E-state index >= 15 is 0 Å². The molecular formula is C18H14ClN3O5. The van der Waals surface area contributed by atoms with Crippen LogP contribution in [-0.4, -0.2) is 42.8 Å². The van der Waals surface area contributed by atoms with Crippen LogP contribution in [0.3, 0.4) is 0 Å². The molecule has 0 aliphatic carbocycles. The van der Waals surface area contributed by atoms with Gasteiger partial charge in [0.15, 0.2) is 11.5 Å². The zero-order valence-electron chi connectivity index (χ0n) is 14.6. The summed E-state index contributed by atoms with van der Waals surface area (Å²) in [5, 5.41) is 0.285. The summed E-state index contributed by atoms with van der Waals surface area (Å²) in [5.74, 6) is 0.555. The lowest BCUT2D eigenvalue weighted by Gasteiger charge is -2.18. The van der Waals surface area contributed by atoms with E-state index in [1.807, 2.05) is 0 Å². The molecule has 1 aliphatic rings. The molecule has 2 amide bonds. The molecule has 3 aromatic rings. The molecule has 1 aliphatic heterocycles. The molecule has 0 saturated carbocycles. The molecule has 27 heavy (non-hydrogen) atoms. The first-order valence-electron chi connectivity index (χ1n) is 7.87. The second-order valence-corrected chi connectivity index (χ2v) is 6.10. The number of hydrogen-bond donors (Lipinski definition) is 0. The van der Waals surface area contributed by atoms with Gasteiger partial charge in [-0.05, 0) is 18.2 Å². The van der Waals surface area contributed by atoms with Gasteiger partial charge in [-0.25, -0.2) is 14.7 Å². The van der Waals surface area contributed by atoms with Crippen LogP contribution in [0.2, 0.25) is 5.15 Å². The number of halogens is 1. The highest BCUT2D eigenvalue weighted by Gasteiger charge is 2.39. The number of fused-ring (bicyclic) bond motifs is 3. The largest absolute Gasteiger partial charge is 0.493 e. The molecule has 0 bridgehead atoms. The Balaban J connectivity index is 1.86. The van der Waals surface area contributed by atoms with Gasteiger partial charge in [0.1, 0.15) is 10.8 Å². The van der Waals surface area contributed by atoms with E-state index in [2.05, 4.69) is 4.98 Å². The Morgan fingerprint density at radius 2 is 1.63 bits per heavy atom. The summed E-state index contributed by atoms with van der Waals surface area (Å²) >= 11 is 5.89. The van der Waals surface area contributed by atoms with Gasteiger partial charge >= 0.3 is 6.03 Å². The molecule has 9 heteroatoms. The number of imide groups is 1. The van der Waals surface area contributed by atoms with E-state index in [0.717, 1.165) is 4.90 Å². The normalized spacial score (nSPS) is 13.3. The van der Waals surface area contributed by atoms with E-state index < -0.39 is 11.9 Å². The maximum atomic E-state index is 13.0. The number of pyridine rings is 1. The smallest absolute Gasteiger partial charge is 0.341 e. The Morgan fingerprint density at radius 3 is 2.22 bits per heavy atom. The lowest BCUT2D eigenvalue weighted by Crippen LogP contribution is -2.30. The van der Waals surface area contributed by atoms with Crippen LogP contribution in [0.15, 0.2) is 30.3 Å². The van der Waals surface area contributed by atoms with Crippen molar-refractivity contribution in [3.05, 3.63) is 41.2 Å². The van der Waals surface area contributed by atoms with E-state index in [-0.39, 0.29) is 10.8 Å². The molecule has 0 fully saturated rings. The third kappa shape index (κ3) is 2.41. The molecule has 138 valence electrons. The minimum absolute atomic E-state index is 0.207. The van der Waals surface area contributed by atoms with Crippen LogP contribution in [0.4, 0.5) is 10.5 Å². The van der Waals surface area contributed by atoms with Crippen molar-refractivity contribution in [1.29, 1.82) is 0 Å². The van der Waals surface area contributed by atoms with Crippen molar-refractivity contribution in [3.63, 3.8) is 0 Å². The van der Waals surface area contributed by atoms with Crippen molar-refractivity contribution in [3.8, 4) is 17.2 Å². The Morgan fingerprint density at radius 1 is 0.963 bits per heavy atom. The predicted molar refractivity (Wildman–Crippen MR) is 98.4 cm³/mol. The summed E-state index contributed by atoms with van der Waals surface area (Å²) in [5.41, 5.74) is 1.49. The highest BCUT2D eigenvalue weighted by molar-refractivity contribution is 6.31. The van der Waals surface area contributed by atoms with Gasteiger partial charge < -0.3 is 14.2 Å². The lowest BCUT2D eigenvalue weighted by molar-refractivity contribution is 0.100. The minimum atomic E-state index is -0.525. The van der Waals surface area contributed by atoms with Crippen molar-refractivity contribution in [2.45, 2.75) is 0 Å². The van der Waals surface area contributed by atoms with Crippen LogP contribution in [-0.2, 0) is 0 Å². The van der Waals surface area contributed by atoms with E-state index in [0.29, 0.717) is 34.0 Å². The number of aromatic nitrogens is 2. The van der Waals surface area contributed by atoms with E-state index in [4.69, 9.17) is 25.8 Å². The number of ether oxygens (including phenoxy) is 3. The summed E-state index contributed by atoms with van der Waals surface area (Å²) in [6.07, 6.45) is 0. The monoisotopic (exact) mass is 387 g/mol. The first-order chi connectivity index (χ1) is 13.0. The Kier molecular flexibility index (Phi) is 3.92. The summed E-state index contributed by atoms with van der Waals surface area (Å²) in [7, 11) is 4.39. The number of amides is 2. The molecule has 0 saturated heterocycles. The third-order valence-corrected chi connectivity index (χ3v) is 4.55. The van der Waals surface area contributed by atoms with Gasteiger partial charge in [0.05, 0.1) is 38.1 Å². The molecule has 0 unspecified atom stereocenters. The molecule has 3 heterocycles. The van der Waals surface area contributed by atoms with Crippen LogP contribution in [0.5, 0.6) is 17.2 Å². The SMILES string of the molecule is COc1cc(N2C(=O)c3cc4nc(Cl)ccc4n3C2=O)cc(OC)c1OC. The van der Waals surface area contributed by atoms with E-state index in [1.165, 1.54) is 25.9 Å². The molecule has 0 atom stereocenters. The van der Waals surface area contributed by atoms with Crippen molar-refractivity contribution in [2.24, 2.45) is 0 Å². The van der Waals surface area contributed by atoms with Gasteiger partial charge in [-0.15, -0.1) is 0 Å². The number of anilines is 1. The van der Waals surface area contributed by atoms with Crippen molar-refractivity contribution in [2.75, 3.05) is 26.2 Å². The lowest BCUT2D eigenvalue weighted by atomic mass is 10.2. The number of hydrogen-bond acceptors (Lipinski definition) is 6. The summed E-state index contributed by atoms with van der Waals surface area (Å²) in [6.45, 7) is 0. The molecule has 2 aromatic heterocycles. The highest BCUT2D eigenvalue weighted by Crippen LogP contribution is 2.42. The molecule has 4 rings (SSSR count). The molecule has 1 aromatic carbocycles. The summed E-state index contributed by atoms with van der Waals surface area (Å²) < 4.78 is 17.2. The minimum Gasteiger partial charge on any atom is -0.493 e. The van der Waals surface area contributed by atoms with Crippen LogP contribution in [0, 0.1) is 0 Å². The molecule has 0 spiro atoms. The molecular weight excluding hydrogens is 374 g/mol. The summed E-state index contributed by atoms with van der Waals surface area (Å²) in [4.78, 5) is 31.1. The number of methoxy groups -OCH3 is 3. The standard InChI is InChI=1S/C18H14ClN3O5/c1-25-13-6-9(7-14(26-2)16(13)27-3)21-17(23)12-8-10-11(22(12)18(21)24)4-5-15(19)20-10/h4-8H,1-3H3. The predicted octanol–water partition coefficient (Wildman–Crippen LogP) is 3.34. The fourth-order valence-corrected chi connectivity index (χ4v) is 3.30. The van der Waals surface area contributed by atoms with Crippen LogP contribution < -0.4 is 19.1 Å². The highest BCUT2D eigenvalue weighted by atomic mass is 35.5. The topological polar surface area (TPSA) is 82.9 Å². The Labute approximate surface area is 158 Å². The number of carbonyl (C=O) groups excluding carboxylic acids is 2. The van der Waals surface area contributed by atoms with Crippen LogP contribution in [0.25, 0.3) is 11.0 Å². The number of rotatable bonds is 4. The maximum Gasteiger partial charge on any atom is 0.341 e. The average molecular weight is 388 g/mol. The second-order valence-electron chi connectivity index (χ2n) is 5.71. The first-order valence-corrected chi connectivity index (χ1v) is 8.24. The van der Waals surface area contributed by atoms with Gasteiger partial charge in [-0.3, -0.25) is 9.36 Å². The third-order valence-electron chi connectivity index (χ3n) is 4.34. The second kappa shape index (κ2) is 6.17. The first kappa shape index (κ1) is 17.2. The number of nitrogens with zero attached hydrogens (tertiary/aromatic N) is 3. The molecule has 0 radical (unpaired) electrons. The van der Waals surface area contributed by atoms with Gasteiger partial charge in [-0.1, -0.05) is 11.6 Å². The van der Waals surface area contributed by atoms with Gasteiger partial charge in [-0.2, -0.15) is 0 Å². The molecule has 8 nitrogen and oxygen atoms in total. The van der Waals surface area contributed by atoms with Gasteiger partial charge in [0.2, 0.25) is 5.75 Å². The average Bonchev–Trinajstić information content (AvgIpc) is 3.15. The van der Waals surface area contributed by atoms with Crippen LogP contribution in [0.1, 0.15) is 10.5 Å². The maximum absolute atomic E-state index is 13.0. The number of benzene rings is 1. The van der Waals surface area contributed by atoms with Crippen molar-refractivity contribution >= 4 is 40.3 Å². The van der Waals surface area contributed by atoms with Crippen LogP contribution >= 0.6 is 11.6 Å². The van der Waals surface area contributed by atoms with Crippen molar-refractivity contribution in [1.82, 2.24) is 9.55 Å². The van der Waals surface area contributed by atoms with Gasteiger partial charge in [0.25, 0.3) is 5.91 Å².